The van der Waals surface area contributed by atoms with E-state index in [-0.39, 0.29) is 18.8 Å². The highest BCUT2D eigenvalue weighted by atomic mass is 16.5. The smallest absolute Gasteiger partial charge is 0.122 e. The van der Waals surface area contributed by atoms with Crippen molar-refractivity contribution in [3.63, 3.8) is 0 Å². The predicted octanol–water partition coefficient (Wildman–Crippen LogP) is -0.588. The van der Waals surface area contributed by atoms with E-state index in [4.69, 9.17) is 9.84 Å². The Morgan fingerprint density at radius 2 is 2.15 bits per heavy atom. The van der Waals surface area contributed by atoms with Crippen LogP contribution in [0.3, 0.4) is 0 Å². The molecular weight excluding hydrogens is 172 g/mol. The monoisotopic (exact) mass is 188 g/mol. The van der Waals surface area contributed by atoms with Crippen molar-refractivity contribution in [1.29, 1.82) is 0 Å². The van der Waals surface area contributed by atoms with Crippen molar-refractivity contribution in [1.82, 2.24) is 0 Å². The maximum atomic E-state index is 9.92. The quantitative estimate of drug-likeness (QED) is 0.542. The summed E-state index contributed by atoms with van der Waals surface area (Å²) < 4.78 is 5.45. The molecule has 0 amide bonds. The molecule has 2 fully saturated rings. The molecule has 0 spiro atoms. The number of rotatable bonds is 2. The summed E-state index contributed by atoms with van der Waals surface area (Å²) in [7, 11) is 0. The van der Waals surface area contributed by atoms with E-state index < -0.39 is 11.2 Å². The first-order chi connectivity index (χ1) is 6.05. The molecule has 0 aromatic carbocycles. The summed E-state index contributed by atoms with van der Waals surface area (Å²) in [5.74, 6) is 0. The van der Waals surface area contributed by atoms with Crippen LogP contribution < -0.4 is 0 Å². The number of hydrogen-bond donors (Lipinski definition) is 3. The van der Waals surface area contributed by atoms with Gasteiger partial charge in [-0.15, -0.1) is 0 Å². The van der Waals surface area contributed by atoms with Crippen molar-refractivity contribution < 1.29 is 20.1 Å². The van der Waals surface area contributed by atoms with Crippen LogP contribution in [0.1, 0.15) is 26.2 Å². The fourth-order valence-corrected chi connectivity index (χ4v) is 2.38. The lowest BCUT2D eigenvalue weighted by Gasteiger charge is -2.35. The summed E-state index contributed by atoms with van der Waals surface area (Å²) in [6.45, 7) is 1.82. The predicted molar refractivity (Wildman–Crippen MR) is 45.2 cm³/mol. The van der Waals surface area contributed by atoms with Crippen molar-refractivity contribution in [2.45, 2.75) is 49.6 Å². The van der Waals surface area contributed by atoms with E-state index in [2.05, 4.69) is 0 Å². The van der Waals surface area contributed by atoms with Gasteiger partial charge in [0.25, 0.3) is 0 Å². The lowest BCUT2D eigenvalue weighted by Crippen LogP contribution is -2.48. The Morgan fingerprint density at radius 3 is 2.69 bits per heavy atom. The zero-order valence-corrected chi connectivity index (χ0v) is 7.73. The van der Waals surface area contributed by atoms with Gasteiger partial charge < -0.3 is 20.1 Å². The second kappa shape index (κ2) is 2.67. The fourth-order valence-electron chi connectivity index (χ4n) is 2.38. The van der Waals surface area contributed by atoms with Crippen LogP contribution in [0, 0.1) is 0 Å². The van der Waals surface area contributed by atoms with Crippen LogP contribution in [0.5, 0.6) is 0 Å². The van der Waals surface area contributed by atoms with Crippen LogP contribution in [0.25, 0.3) is 0 Å². The summed E-state index contributed by atoms with van der Waals surface area (Å²) in [6, 6.07) is 0. The van der Waals surface area contributed by atoms with Crippen LogP contribution >= 0.6 is 0 Å². The lowest BCUT2D eigenvalue weighted by molar-refractivity contribution is -0.178. The second-order valence-corrected chi connectivity index (χ2v) is 4.17. The van der Waals surface area contributed by atoms with E-state index >= 15 is 0 Å². The Labute approximate surface area is 77.1 Å². The van der Waals surface area contributed by atoms with Crippen LogP contribution in [0.15, 0.2) is 0 Å². The van der Waals surface area contributed by atoms with Crippen molar-refractivity contribution in [2.24, 2.45) is 0 Å². The van der Waals surface area contributed by atoms with Gasteiger partial charge in [-0.1, -0.05) is 6.92 Å². The summed E-state index contributed by atoms with van der Waals surface area (Å²) in [5.41, 5.74) is -2.05. The lowest BCUT2D eigenvalue weighted by atomic mass is 9.97. The van der Waals surface area contributed by atoms with E-state index in [1.165, 1.54) is 0 Å². The minimum Gasteiger partial charge on any atom is -0.394 e. The largest absolute Gasteiger partial charge is 0.394 e. The zero-order valence-electron chi connectivity index (χ0n) is 7.73. The molecule has 0 aromatic rings. The Kier molecular flexibility index (Phi) is 1.93. The Morgan fingerprint density at radius 1 is 1.46 bits per heavy atom. The number of hydrogen-bond acceptors (Lipinski definition) is 4. The van der Waals surface area contributed by atoms with Crippen molar-refractivity contribution >= 4 is 0 Å². The van der Waals surface area contributed by atoms with E-state index in [0.717, 1.165) is 0 Å². The summed E-state index contributed by atoms with van der Waals surface area (Å²) in [4.78, 5) is 0. The van der Waals surface area contributed by atoms with Crippen molar-refractivity contribution in [3.8, 4) is 0 Å². The first kappa shape index (κ1) is 9.40. The van der Waals surface area contributed by atoms with Gasteiger partial charge in [0, 0.05) is 12.8 Å². The normalized spacial score (nSPS) is 54.5. The first-order valence-electron chi connectivity index (χ1n) is 4.77. The average molecular weight is 188 g/mol. The molecule has 0 aromatic heterocycles. The topological polar surface area (TPSA) is 69.9 Å². The zero-order chi connectivity index (χ0) is 9.69. The molecule has 3 N–H and O–H groups in total. The molecule has 4 nitrogen and oxygen atoms in total. The Hall–Kier alpha value is -0.160. The van der Waals surface area contributed by atoms with Gasteiger partial charge in [-0.3, -0.25) is 0 Å². The van der Waals surface area contributed by atoms with Gasteiger partial charge in [0.15, 0.2) is 0 Å². The van der Waals surface area contributed by atoms with Crippen molar-refractivity contribution in [2.75, 3.05) is 6.61 Å². The van der Waals surface area contributed by atoms with Gasteiger partial charge in [-0.25, -0.2) is 0 Å². The molecule has 0 bridgehead atoms. The Bertz CT molecular complexity index is 220. The average Bonchev–Trinajstić information content (AvgIpc) is 2.66. The SMILES string of the molecule is CC[C@@H]1O[C@H](CO)C[C@]2(O)C[C@]12O. The molecule has 1 aliphatic carbocycles. The molecule has 13 heavy (non-hydrogen) atoms. The van der Waals surface area contributed by atoms with Crippen LogP contribution in [0.2, 0.25) is 0 Å². The number of ether oxygens (including phenoxy) is 1. The van der Waals surface area contributed by atoms with Crippen LogP contribution in [-0.2, 0) is 4.74 Å². The van der Waals surface area contributed by atoms with E-state index in [0.29, 0.717) is 19.3 Å². The minimum absolute atomic E-state index is 0.0884. The van der Waals surface area contributed by atoms with Crippen LogP contribution in [-0.4, -0.2) is 45.3 Å². The summed E-state index contributed by atoms with van der Waals surface area (Å²) >= 11 is 0. The third-order valence-electron chi connectivity index (χ3n) is 3.27. The molecule has 76 valence electrons. The molecule has 1 saturated carbocycles. The molecule has 2 aliphatic rings. The molecular formula is C9H16O4. The molecule has 0 radical (unpaired) electrons. The third-order valence-corrected chi connectivity index (χ3v) is 3.27. The summed E-state index contributed by atoms with van der Waals surface area (Å²) in [6.07, 6.45) is 0.738. The highest BCUT2D eigenvalue weighted by Gasteiger charge is 2.73. The van der Waals surface area contributed by atoms with Gasteiger partial charge in [0.1, 0.15) is 11.2 Å². The van der Waals surface area contributed by atoms with Crippen molar-refractivity contribution in [3.05, 3.63) is 0 Å². The number of fused-ring (bicyclic) bond motifs is 1. The molecule has 0 unspecified atom stereocenters. The van der Waals surface area contributed by atoms with Gasteiger partial charge >= 0.3 is 0 Å². The highest BCUT2D eigenvalue weighted by molar-refractivity contribution is 5.24. The molecule has 1 saturated heterocycles. The fraction of sp³-hybridized carbons (Fsp3) is 1.00. The standard InChI is InChI=1S/C9H16O4/c1-2-7-9(12)5-8(9,11)3-6(4-10)13-7/h6-7,10-12H,2-5H2,1H3/t6-,7-,8-,9-/m0/s1. The molecule has 1 aliphatic heterocycles. The first-order valence-corrected chi connectivity index (χ1v) is 4.77. The minimum atomic E-state index is -1.05. The summed E-state index contributed by atoms with van der Waals surface area (Å²) in [5, 5.41) is 28.7. The number of aliphatic hydroxyl groups is 3. The molecule has 1 heterocycles. The Balaban J connectivity index is 2.13. The van der Waals surface area contributed by atoms with Gasteiger partial charge in [0.2, 0.25) is 0 Å². The van der Waals surface area contributed by atoms with E-state index in [9.17, 15) is 10.2 Å². The molecule has 2 rings (SSSR count). The maximum Gasteiger partial charge on any atom is 0.122 e. The highest BCUT2D eigenvalue weighted by Crippen LogP contribution is 2.57. The van der Waals surface area contributed by atoms with E-state index in [1.54, 1.807) is 0 Å². The van der Waals surface area contributed by atoms with E-state index in [1.807, 2.05) is 6.92 Å². The molecule has 4 heteroatoms. The molecule has 4 atom stereocenters. The van der Waals surface area contributed by atoms with Gasteiger partial charge in [0.05, 0.1) is 18.8 Å². The van der Waals surface area contributed by atoms with Gasteiger partial charge in [-0.2, -0.15) is 0 Å². The number of aliphatic hydroxyl groups excluding tert-OH is 1. The second-order valence-electron chi connectivity index (χ2n) is 4.17. The maximum absolute atomic E-state index is 9.92. The third kappa shape index (κ3) is 1.13. The van der Waals surface area contributed by atoms with Crippen LogP contribution in [0.4, 0.5) is 0 Å². The van der Waals surface area contributed by atoms with Gasteiger partial charge in [-0.05, 0) is 6.42 Å².